The number of unbranched alkanes of at least 4 members (excludes halogenated alkanes) is 55. The summed E-state index contributed by atoms with van der Waals surface area (Å²) in [6.45, 7) is 2.85. The molecule has 578 valence electrons. The Labute approximate surface area is 601 Å². The number of rotatable bonds is 72. The number of ether oxygens (including phenoxy) is 4. The third-order valence-corrected chi connectivity index (χ3v) is 20.8. The van der Waals surface area contributed by atoms with Gasteiger partial charge in [-0.2, -0.15) is 0 Å². The Bertz CT molecular complexity index is 1780. The zero-order valence-corrected chi connectivity index (χ0v) is 63.6. The number of carbonyl (C=O) groups excluding carboxylic acids is 1. The average molecular weight is 1390 g/mol. The lowest BCUT2D eigenvalue weighted by Gasteiger charge is -2.46. The number of aliphatic hydroxyl groups excluding tert-OH is 8. The number of carbonyl (C=O) groups is 1. The Morgan fingerprint density at radius 1 is 0.357 bits per heavy atom. The number of nitrogens with one attached hydrogen (secondary N) is 1. The van der Waals surface area contributed by atoms with E-state index in [0.717, 1.165) is 44.9 Å². The van der Waals surface area contributed by atoms with E-state index in [9.17, 15) is 45.6 Å². The third-order valence-electron chi connectivity index (χ3n) is 20.8. The van der Waals surface area contributed by atoms with E-state index < -0.39 is 86.8 Å². The molecule has 12 unspecified atom stereocenters. The summed E-state index contributed by atoms with van der Waals surface area (Å²) < 4.78 is 22.9. The highest BCUT2D eigenvalue weighted by Gasteiger charge is 2.51. The Hall–Kier alpha value is -1.79. The van der Waals surface area contributed by atoms with Crippen molar-refractivity contribution < 1.29 is 64.6 Å². The topological polar surface area (TPSA) is 228 Å². The van der Waals surface area contributed by atoms with Gasteiger partial charge in [-0.25, -0.2) is 0 Å². The van der Waals surface area contributed by atoms with Crippen LogP contribution in [-0.2, 0) is 23.7 Å². The Morgan fingerprint density at radius 2 is 0.653 bits per heavy atom. The van der Waals surface area contributed by atoms with Crippen LogP contribution in [0.5, 0.6) is 0 Å². The van der Waals surface area contributed by atoms with Crippen molar-refractivity contribution in [3.63, 3.8) is 0 Å². The molecule has 0 aromatic heterocycles. The number of aliphatic hydroxyl groups is 8. The van der Waals surface area contributed by atoms with Gasteiger partial charge in [0, 0.05) is 6.42 Å². The molecule has 0 aromatic rings. The fourth-order valence-electron chi connectivity index (χ4n) is 14.2. The minimum absolute atomic E-state index is 0.244. The van der Waals surface area contributed by atoms with Crippen molar-refractivity contribution in [2.45, 2.75) is 473 Å². The summed E-state index contributed by atoms with van der Waals surface area (Å²) in [5, 5.41) is 87.7. The molecule has 0 aromatic carbocycles. The monoisotopic (exact) mass is 1390 g/mol. The SMILES string of the molecule is CCCCCCCCCCCCCCCCCCCCC/C=C/CC/C=C/CC/C=C/C(O)C(COC1OC(CO)C(OC2OC(CO)C(O)C(O)C2O)C(O)C1O)NC(=O)CCCCCCCCCCCCCCCCCCCCCCCCCCCCCCCCCCCCC. The molecular formula is C84H159NO13. The molecule has 0 bridgehead atoms. The molecule has 14 heteroatoms. The molecule has 0 spiro atoms. The third kappa shape index (κ3) is 50.6. The standard InChI is InChI=1S/C84H159NO13/c1-3-5-7-9-11-13-15-17-19-21-23-25-27-29-31-33-34-35-36-37-38-40-42-44-46-48-50-52-54-56-58-60-62-64-66-68-76(89)85-72(71-95-83-81(94)79(92)82(75(70-87)97-83)98-84-80(93)78(91)77(90)74(69-86)96-84)73(88)67-65-63-61-59-57-55-53-51-49-47-45-43-41-39-32-30-28-26-24-22-20-18-16-14-12-10-8-6-4-2/h49,51,57,59,65,67,72-75,77-84,86-88,90-94H,3-48,50,52-56,58,60-64,66,68-71H2,1-2H3,(H,85,89)/b51-49+,59-57+,67-65+. The summed E-state index contributed by atoms with van der Waals surface area (Å²) in [5.74, 6) is -0.244. The average Bonchev–Trinajstić information content (AvgIpc) is 0.792. The second-order valence-electron chi connectivity index (χ2n) is 30.0. The molecule has 1 amide bonds. The summed E-state index contributed by atoms with van der Waals surface area (Å²) in [4.78, 5) is 13.4. The zero-order chi connectivity index (χ0) is 70.8. The molecule has 9 N–H and O–H groups in total. The van der Waals surface area contributed by atoms with Crippen molar-refractivity contribution in [3.05, 3.63) is 36.5 Å². The lowest BCUT2D eigenvalue weighted by Crippen LogP contribution is -2.65. The van der Waals surface area contributed by atoms with Crippen LogP contribution in [0.1, 0.15) is 399 Å². The van der Waals surface area contributed by atoms with Gasteiger partial charge in [-0.3, -0.25) is 4.79 Å². The van der Waals surface area contributed by atoms with Crippen LogP contribution in [-0.4, -0.2) is 140 Å². The molecule has 14 nitrogen and oxygen atoms in total. The highest BCUT2D eigenvalue weighted by molar-refractivity contribution is 5.76. The van der Waals surface area contributed by atoms with E-state index in [1.54, 1.807) is 6.08 Å². The van der Waals surface area contributed by atoms with Gasteiger partial charge in [0.15, 0.2) is 12.6 Å². The molecule has 98 heavy (non-hydrogen) atoms. The van der Waals surface area contributed by atoms with Gasteiger partial charge >= 0.3 is 0 Å². The largest absolute Gasteiger partial charge is 0.394 e. The highest BCUT2D eigenvalue weighted by Crippen LogP contribution is 2.30. The molecule has 12 atom stereocenters. The quantitative estimate of drug-likeness (QED) is 0.0204. The number of allylic oxidation sites excluding steroid dienone is 5. The molecule has 2 saturated heterocycles. The number of hydrogen-bond acceptors (Lipinski definition) is 13. The van der Waals surface area contributed by atoms with Gasteiger partial charge in [0.25, 0.3) is 0 Å². The van der Waals surface area contributed by atoms with Gasteiger partial charge in [-0.1, -0.05) is 384 Å². The van der Waals surface area contributed by atoms with Crippen LogP contribution in [0.25, 0.3) is 0 Å². The molecular weight excluding hydrogens is 1230 g/mol. The fraction of sp³-hybridized carbons (Fsp3) is 0.917. The van der Waals surface area contributed by atoms with Crippen LogP contribution >= 0.6 is 0 Å². The maximum atomic E-state index is 13.4. The molecule has 2 rings (SSSR count). The number of amides is 1. The van der Waals surface area contributed by atoms with Crippen molar-refractivity contribution >= 4 is 5.91 Å². The van der Waals surface area contributed by atoms with Gasteiger partial charge in [0.2, 0.25) is 5.91 Å². The van der Waals surface area contributed by atoms with E-state index in [1.807, 2.05) is 6.08 Å². The Morgan fingerprint density at radius 3 is 1.00 bits per heavy atom. The first-order chi connectivity index (χ1) is 48.1. The lowest BCUT2D eigenvalue weighted by molar-refractivity contribution is -0.359. The van der Waals surface area contributed by atoms with E-state index in [2.05, 4.69) is 43.5 Å². The van der Waals surface area contributed by atoms with Crippen LogP contribution < -0.4 is 5.32 Å². The van der Waals surface area contributed by atoms with Crippen LogP contribution in [0.3, 0.4) is 0 Å². The van der Waals surface area contributed by atoms with Crippen LogP contribution in [0.15, 0.2) is 36.5 Å². The van der Waals surface area contributed by atoms with Gasteiger partial charge in [-0.05, 0) is 44.9 Å². The van der Waals surface area contributed by atoms with Gasteiger partial charge < -0.3 is 65.1 Å². The normalized spacial score (nSPS) is 22.1. The Balaban J connectivity index is 1.61. The van der Waals surface area contributed by atoms with E-state index in [4.69, 9.17) is 18.9 Å². The predicted octanol–water partition coefficient (Wildman–Crippen LogP) is 19.6. The molecule has 2 heterocycles. The van der Waals surface area contributed by atoms with Crippen molar-refractivity contribution in [2.75, 3.05) is 19.8 Å². The maximum absolute atomic E-state index is 13.4. The van der Waals surface area contributed by atoms with E-state index >= 15 is 0 Å². The minimum atomic E-state index is -1.79. The van der Waals surface area contributed by atoms with Crippen molar-refractivity contribution in [1.82, 2.24) is 5.32 Å². The van der Waals surface area contributed by atoms with E-state index in [-0.39, 0.29) is 18.9 Å². The first kappa shape index (κ1) is 92.3. The number of hydrogen-bond donors (Lipinski definition) is 9. The summed E-state index contributed by atoms with van der Waals surface area (Å²) in [6.07, 6.45) is 74.0. The first-order valence-electron chi connectivity index (χ1n) is 42.2. The van der Waals surface area contributed by atoms with E-state index in [1.165, 1.54) is 321 Å². The minimum Gasteiger partial charge on any atom is -0.394 e. The summed E-state index contributed by atoms with van der Waals surface area (Å²) >= 11 is 0. The molecule has 0 saturated carbocycles. The van der Waals surface area contributed by atoms with Gasteiger partial charge in [-0.15, -0.1) is 0 Å². The van der Waals surface area contributed by atoms with Crippen molar-refractivity contribution in [1.29, 1.82) is 0 Å². The van der Waals surface area contributed by atoms with Crippen molar-refractivity contribution in [2.24, 2.45) is 0 Å². The van der Waals surface area contributed by atoms with Gasteiger partial charge in [0.05, 0.1) is 32.0 Å². The van der Waals surface area contributed by atoms with Crippen molar-refractivity contribution in [3.8, 4) is 0 Å². The van der Waals surface area contributed by atoms with E-state index in [0.29, 0.717) is 12.8 Å². The molecule has 2 aliphatic heterocycles. The molecule has 2 fully saturated rings. The lowest BCUT2D eigenvalue weighted by atomic mass is 9.97. The summed E-state index contributed by atoms with van der Waals surface area (Å²) in [5.41, 5.74) is 0. The van der Waals surface area contributed by atoms with Crippen LogP contribution in [0, 0.1) is 0 Å². The second-order valence-corrected chi connectivity index (χ2v) is 30.0. The molecule has 0 aliphatic carbocycles. The van der Waals surface area contributed by atoms with Crippen LogP contribution in [0.4, 0.5) is 0 Å². The predicted molar refractivity (Wildman–Crippen MR) is 406 cm³/mol. The smallest absolute Gasteiger partial charge is 0.220 e. The first-order valence-corrected chi connectivity index (χ1v) is 42.2. The Kier molecular flexibility index (Phi) is 64.3. The summed E-state index contributed by atoms with van der Waals surface area (Å²) in [7, 11) is 0. The van der Waals surface area contributed by atoms with Crippen LogP contribution in [0.2, 0.25) is 0 Å². The maximum Gasteiger partial charge on any atom is 0.220 e. The fourth-order valence-corrected chi connectivity index (χ4v) is 14.2. The molecule has 2 aliphatic rings. The second kappa shape index (κ2) is 68.3. The summed E-state index contributed by atoms with van der Waals surface area (Å²) in [6, 6.07) is -0.938. The highest BCUT2D eigenvalue weighted by atomic mass is 16.7. The zero-order valence-electron chi connectivity index (χ0n) is 63.6. The van der Waals surface area contributed by atoms with Gasteiger partial charge in [0.1, 0.15) is 48.8 Å². The molecule has 0 radical (unpaired) electrons.